The lowest BCUT2D eigenvalue weighted by Crippen LogP contribution is -2.26. The van der Waals surface area contributed by atoms with Crippen molar-refractivity contribution < 1.29 is 4.79 Å². The molecule has 2 N–H and O–H groups in total. The molecule has 1 aromatic rings. The lowest BCUT2D eigenvalue weighted by molar-refractivity contribution is 0.0834. The van der Waals surface area contributed by atoms with Crippen molar-refractivity contribution >= 4 is 33.0 Å². The van der Waals surface area contributed by atoms with Gasteiger partial charge in [0.1, 0.15) is 0 Å². The van der Waals surface area contributed by atoms with E-state index in [4.69, 9.17) is 5.73 Å². The first-order chi connectivity index (χ1) is 6.47. The van der Waals surface area contributed by atoms with Crippen LogP contribution in [0.1, 0.15) is 29.9 Å². The second-order valence-electron chi connectivity index (χ2n) is 3.88. The van der Waals surface area contributed by atoms with Crippen LogP contribution in [0, 0.1) is 5.41 Å². The van der Waals surface area contributed by atoms with Gasteiger partial charge in [0.25, 0.3) is 0 Å². The molecule has 1 rings (SSSR count). The van der Waals surface area contributed by atoms with Gasteiger partial charge in [-0.15, -0.1) is 11.3 Å². The van der Waals surface area contributed by atoms with Gasteiger partial charge in [-0.05, 0) is 35.0 Å². The highest BCUT2D eigenvalue weighted by Gasteiger charge is 2.28. The van der Waals surface area contributed by atoms with Gasteiger partial charge in [-0.25, -0.2) is 0 Å². The molecule has 0 saturated heterocycles. The minimum Gasteiger partial charge on any atom is -0.330 e. The fraction of sp³-hybridized carbons (Fsp3) is 0.500. The zero-order valence-electron chi connectivity index (χ0n) is 8.34. The molecule has 0 aliphatic heterocycles. The molecular formula is C10H14BrNOS. The summed E-state index contributed by atoms with van der Waals surface area (Å²) in [7, 11) is 0. The van der Waals surface area contributed by atoms with Crippen molar-refractivity contribution in [2.45, 2.75) is 20.3 Å². The number of thiophene rings is 1. The van der Waals surface area contributed by atoms with E-state index < -0.39 is 0 Å². The molecule has 0 spiro atoms. The van der Waals surface area contributed by atoms with E-state index in [2.05, 4.69) is 15.9 Å². The minimum absolute atomic E-state index is 0.179. The first kappa shape index (κ1) is 11.9. The summed E-state index contributed by atoms with van der Waals surface area (Å²) < 4.78 is 0.967. The summed E-state index contributed by atoms with van der Waals surface area (Å²) in [6.45, 7) is 4.43. The van der Waals surface area contributed by atoms with Crippen LogP contribution in [0.2, 0.25) is 0 Å². The van der Waals surface area contributed by atoms with Crippen LogP contribution < -0.4 is 5.73 Å². The number of hydrogen-bond donors (Lipinski definition) is 1. The summed E-state index contributed by atoms with van der Waals surface area (Å²) in [5.41, 5.74) is 5.13. The molecule has 1 aromatic heterocycles. The fourth-order valence-corrected chi connectivity index (χ4v) is 2.79. The predicted molar refractivity (Wildman–Crippen MR) is 63.8 cm³/mol. The molecule has 0 atom stereocenters. The lowest BCUT2D eigenvalue weighted by atomic mass is 9.84. The number of rotatable bonds is 4. The van der Waals surface area contributed by atoms with E-state index in [1.165, 1.54) is 11.3 Å². The third-order valence-electron chi connectivity index (χ3n) is 2.18. The quantitative estimate of drug-likeness (QED) is 0.859. The van der Waals surface area contributed by atoms with Gasteiger partial charge in [0.15, 0.2) is 5.78 Å². The second kappa shape index (κ2) is 4.55. The Balaban J connectivity index is 2.84. The summed E-state index contributed by atoms with van der Waals surface area (Å²) in [6.07, 6.45) is 0.724. The first-order valence-corrected chi connectivity index (χ1v) is 6.13. The SMILES string of the molecule is CC(C)(CCN)C(=O)c1cc(Br)cs1. The second-order valence-corrected chi connectivity index (χ2v) is 5.71. The molecule has 0 bridgehead atoms. The highest BCUT2D eigenvalue weighted by Crippen LogP contribution is 2.30. The molecule has 0 saturated carbocycles. The molecule has 0 radical (unpaired) electrons. The summed E-state index contributed by atoms with van der Waals surface area (Å²) >= 11 is 4.81. The number of halogens is 1. The Morgan fingerprint density at radius 2 is 2.29 bits per heavy atom. The first-order valence-electron chi connectivity index (χ1n) is 4.46. The van der Waals surface area contributed by atoms with E-state index in [0.29, 0.717) is 6.54 Å². The summed E-state index contributed by atoms with van der Waals surface area (Å²) in [4.78, 5) is 12.8. The van der Waals surface area contributed by atoms with Crippen LogP contribution in [0.4, 0.5) is 0 Å². The lowest BCUT2D eigenvalue weighted by Gasteiger charge is -2.20. The average Bonchev–Trinajstić information content (AvgIpc) is 2.50. The van der Waals surface area contributed by atoms with Gasteiger partial charge in [-0.2, -0.15) is 0 Å². The van der Waals surface area contributed by atoms with E-state index in [0.717, 1.165) is 15.8 Å². The third-order valence-corrected chi connectivity index (χ3v) is 3.87. The Morgan fingerprint density at radius 3 is 2.71 bits per heavy atom. The van der Waals surface area contributed by atoms with Gasteiger partial charge in [0, 0.05) is 15.3 Å². The van der Waals surface area contributed by atoms with Gasteiger partial charge < -0.3 is 5.73 Å². The Morgan fingerprint density at radius 1 is 1.64 bits per heavy atom. The van der Waals surface area contributed by atoms with Gasteiger partial charge in [-0.3, -0.25) is 4.79 Å². The molecule has 0 aromatic carbocycles. The van der Waals surface area contributed by atoms with E-state index in [9.17, 15) is 4.79 Å². The van der Waals surface area contributed by atoms with E-state index in [-0.39, 0.29) is 11.2 Å². The van der Waals surface area contributed by atoms with Crippen molar-refractivity contribution in [3.8, 4) is 0 Å². The highest BCUT2D eigenvalue weighted by molar-refractivity contribution is 9.10. The van der Waals surface area contributed by atoms with Crippen LogP contribution in [0.3, 0.4) is 0 Å². The number of carbonyl (C=O) groups is 1. The Bertz CT molecular complexity index is 333. The number of ketones is 1. The van der Waals surface area contributed by atoms with Gasteiger partial charge in [-0.1, -0.05) is 13.8 Å². The molecule has 0 unspecified atom stereocenters. The topological polar surface area (TPSA) is 43.1 Å². The van der Waals surface area contributed by atoms with Crippen molar-refractivity contribution in [1.82, 2.24) is 0 Å². The van der Waals surface area contributed by atoms with Gasteiger partial charge in [0.2, 0.25) is 0 Å². The Hall–Kier alpha value is -0.190. The van der Waals surface area contributed by atoms with Crippen LogP contribution in [-0.2, 0) is 0 Å². The predicted octanol–water partition coefficient (Wildman–Crippen LogP) is 3.07. The number of Topliss-reactive ketones (excluding diaryl/α,β-unsaturated/α-hetero) is 1. The van der Waals surface area contributed by atoms with Gasteiger partial charge >= 0.3 is 0 Å². The fourth-order valence-electron chi connectivity index (χ4n) is 1.24. The molecule has 78 valence electrons. The maximum atomic E-state index is 12.0. The van der Waals surface area contributed by atoms with Crippen molar-refractivity contribution in [3.05, 3.63) is 20.8 Å². The summed E-state index contributed by atoms with van der Waals surface area (Å²) in [6, 6.07) is 1.87. The van der Waals surface area contributed by atoms with E-state index in [1.807, 2.05) is 25.3 Å². The molecule has 4 heteroatoms. The van der Waals surface area contributed by atoms with Crippen molar-refractivity contribution in [3.63, 3.8) is 0 Å². The molecule has 1 heterocycles. The van der Waals surface area contributed by atoms with Crippen molar-refractivity contribution in [2.75, 3.05) is 6.54 Å². The van der Waals surface area contributed by atoms with E-state index >= 15 is 0 Å². The van der Waals surface area contributed by atoms with Crippen molar-refractivity contribution in [2.24, 2.45) is 11.1 Å². The molecule has 0 amide bonds. The van der Waals surface area contributed by atoms with Crippen LogP contribution in [0.25, 0.3) is 0 Å². The number of nitrogens with two attached hydrogens (primary N) is 1. The van der Waals surface area contributed by atoms with Crippen LogP contribution in [-0.4, -0.2) is 12.3 Å². The van der Waals surface area contributed by atoms with E-state index in [1.54, 1.807) is 0 Å². The maximum Gasteiger partial charge on any atom is 0.178 e. The zero-order valence-corrected chi connectivity index (χ0v) is 10.7. The van der Waals surface area contributed by atoms with Crippen LogP contribution in [0.15, 0.2) is 15.9 Å². The van der Waals surface area contributed by atoms with Crippen molar-refractivity contribution in [1.29, 1.82) is 0 Å². The Kier molecular flexibility index (Phi) is 3.86. The standard InChI is InChI=1S/C10H14BrNOS/c1-10(2,3-4-12)9(13)8-5-7(11)6-14-8/h5-6H,3-4,12H2,1-2H3. The third kappa shape index (κ3) is 2.65. The smallest absolute Gasteiger partial charge is 0.178 e. The molecule has 0 aliphatic carbocycles. The zero-order chi connectivity index (χ0) is 10.8. The summed E-state index contributed by atoms with van der Waals surface area (Å²) in [5, 5.41) is 1.92. The monoisotopic (exact) mass is 275 g/mol. The van der Waals surface area contributed by atoms with Crippen LogP contribution >= 0.6 is 27.3 Å². The maximum absolute atomic E-state index is 12.0. The summed E-state index contributed by atoms with van der Waals surface area (Å²) in [5.74, 6) is 0.179. The minimum atomic E-state index is -0.348. The molecule has 0 fully saturated rings. The van der Waals surface area contributed by atoms with Gasteiger partial charge in [0.05, 0.1) is 4.88 Å². The largest absolute Gasteiger partial charge is 0.330 e. The molecular weight excluding hydrogens is 262 g/mol. The molecule has 2 nitrogen and oxygen atoms in total. The normalized spacial score (nSPS) is 11.7. The highest BCUT2D eigenvalue weighted by atomic mass is 79.9. The molecule has 14 heavy (non-hydrogen) atoms. The number of hydrogen-bond acceptors (Lipinski definition) is 3. The average molecular weight is 276 g/mol. The Labute approximate surface area is 96.6 Å². The molecule has 0 aliphatic rings. The van der Waals surface area contributed by atoms with Crippen LogP contribution in [0.5, 0.6) is 0 Å². The number of carbonyl (C=O) groups excluding carboxylic acids is 1.